The third-order valence-electron chi connectivity index (χ3n) is 5.83. The standard InChI is InChI=1S/C24H28FN5O2/c1-16(2)17-3-7-19(8-4-17)26-23(32)21-15-22(31)28-24(27-21)30-13-11-29(12-14-30)20-9-5-18(25)6-10-20/h3-10,16,21H,11-15H2,1-2H3,(H,26,32)(H,27,28,31). The van der Waals surface area contributed by atoms with Crippen LogP contribution in [-0.2, 0) is 9.59 Å². The molecule has 32 heavy (non-hydrogen) atoms. The summed E-state index contributed by atoms with van der Waals surface area (Å²) in [6.45, 7) is 6.93. The van der Waals surface area contributed by atoms with Gasteiger partial charge in [-0.3, -0.25) is 14.9 Å². The molecule has 0 aromatic heterocycles. The Labute approximate surface area is 187 Å². The maximum Gasteiger partial charge on any atom is 0.249 e. The Morgan fingerprint density at radius 2 is 1.66 bits per heavy atom. The number of nitrogens with zero attached hydrogens (tertiary/aromatic N) is 3. The number of carbonyl (C=O) groups is 2. The molecule has 2 aliphatic heterocycles. The van der Waals surface area contributed by atoms with Gasteiger partial charge in [0.2, 0.25) is 17.8 Å². The van der Waals surface area contributed by atoms with Crippen LogP contribution in [0.3, 0.4) is 0 Å². The molecule has 2 amide bonds. The molecule has 168 valence electrons. The van der Waals surface area contributed by atoms with Crippen molar-refractivity contribution in [3.05, 3.63) is 59.9 Å². The van der Waals surface area contributed by atoms with Gasteiger partial charge in [0.25, 0.3) is 0 Å². The summed E-state index contributed by atoms with van der Waals surface area (Å²) in [6.07, 6.45) is 0.0228. The van der Waals surface area contributed by atoms with Gasteiger partial charge in [-0.1, -0.05) is 26.0 Å². The van der Waals surface area contributed by atoms with E-state index in [2.05, 4.69) is 34.4 Å². The number of hydrogen-bond acceptors (Lipinski definition) is 5. The lowest BCUT2D eigenvalue weighted by Crippen LogP contribution is -2.56. The molecular formula is C24H28FN5O2. The summed E-state index contributed by atoms with van der Waals surface area (Å²) < 4.78 is 13.2. The number of halogens is 1. The van der Waals surface area contributed by atoms with Gasteiger partial charge in [-0.05, 0) is 47.9 Å². The molecule has 7 nitrogen and oxygen atoms in total. The summed E-state index contributed by atoms with van der Waals surface area (Å²) in [4.78, 5) is 33.7. The molecule has 1 saturated heterocycles. The molecule has 2 aromatic carbocycles. The van der Waals surface area contributed by atoms with Crippen molar-refractivity contribution in [1.82, 2.24) is 10.2 Å². The zero-order chi connectivity index (χ0) is 22.7. The van der Waals surface area contributed by atoms with Crippen LogP contribution >= 0.6 is 0 Å². The van der Waals surface area contributed by atoms with Crippen LogP contribution in [0.1, 0.15) is 31.7 Å². The van der Waals surface area contributed by atoms with Crippen molar-refractivity contribution in [2.24, 2.45) is 4.99 Å². The van der Waals surface area contributed by atoms with E-state index in [1.807, 2.05) is 29.2 Å². The molecule has 1 unspecified atom stereocenters. The molecule has 0 bridgehead atoms. The van der Waals surface area contributed by atoms with Crippen LogP contribution in [0, 0.1) is 5.82 Å². The fourth-order valence-corrected chi connectivity index (χ4v) is 3.89. The zero-order valence-corrected chi connectivity index (χ0v) is 18.3. The molecule has 2 aromatic rings. The summed E-state index contributed by atoms with van der Waals surface area (Å²) in [5, 5.41) is 5.68. The lowest BCUT2D eigenvalue weighted by Gasteiger charge is -2.38. The minimum absolute atomic E-state index is 0.0228. The van der Waals surface area contributed by atoms with Gasteiger partial charge >= 0.3 is 0 Å². The van der Waals surface area contributed by atoms with Crippen LogP contribution in [0.25, 0.3) is 0 Å². The van der Waals surface area contributed by atoms with Gasteiger partial charge in [-0.15, -0.1) is 0 Å². The Bertz CT molecular complexity index is 996. The van der Waals surface area contributed by atoms with Crippen molar-refractivity contribution in [2.75, 3.05) is 36.4 Å². The molecule has 2 heterocycles. The van der Waals surface area contributed by atoms with E-state index in [0.29, 0.717) is 43.7 Å². The van der Waals surface area contributed by atoms with E-state index in [4.69, 9.17) is 0 Å². The van der Waals surface area contributed by atoms with Crippen LogP contribution in [0.5, 0.6) is 0 Å². The third-order valence-corrected chi connectivity index (χ3v) is 5.83. The Kier molecular flexibility index (Phi) is 6.39. The first-order valence-corrected chi connectivity index (χ1v) is 10.9. The highest BCUT2D eigenvalue weighted by Gasteiger charge is 2.30. The van der Waals surface area contributed by atoms with Crippen LogP contribution in [0.2, 0.25) is 0 Å². The van der Waals surface area contributed by atoms with Gasteiger partial charge in [0, 0.05) is 37.6 Å². The number of hydrogen-bond donors (Lipinski definition) is 2. The quantitative estimate of drug-likeness (QED) is 0.771. The van der Waals surface area contributed by atoms with Crippen LogP contribution in [-0.4, -0.2) is 54.9 Å². The number of carbonyl (C=O) groups excluding carboxylic acids is 2. The molecule has 8 heteroatoms. The van der Waals surface area contributed by atoms with Gasteiger partial charge in [-0.25, -0.2) is 9.38 Å². The highest BCUT2D eigenvalue weighted by molar-refractivity contribution is 6.06. The molecule has 1 fully saturated rings. The van der Waals surface area contributed by atoms with E-state index in [0.717, 1.165) is 5.69 Å². The summed E-state index contributed by atoms with van der Waals surface area (Å²) in [5.41, 5.74) is 2.84. The maximum absolute atomic E-state index is 13.2. The average Bonchev–Trinajstić information content (AvgIpc) is 2.79. The normalized spacial score (nSPS) is 18.9. The van der Waals surface area contributed by atoms with Crippen molar-refractivity contribution < 1.29 is 14.0 Å². The first-order chi connectivity index (χ1) is 15.4. The number of anilines is 2. The smallest absolute Gasteiger partial charge is 0.249 e. The Morgan fingerprint density at radius 3 is 2.28 bits per heavy atom. The van der Waals surface area contributed by atoms with Crippen LogP contribution in [0.15, 0.2) is 53.5 Å². The predicted molar refractivity (Wildman–Crippen MR) is 123 cm³/mol. The lowest BCUT2D eigenvalue weighted by molar-refractivity contribution is -0.125. The Hall–Kier alpha value is -3.42. The van der Waals surface area contributed by atoms with Crippen molar-refractivity contribution in [2.45, 2.75) is 32.2 Å². The molecule has 0 spiro atoms. The van der Waals surface area contributed by atoms with Gasteiger partial charge in [0.15, 0.2) is 0 Å². The van der Waals surface area contributed by atoms with E-state index in [9.17, 15) is 14.0 Å². The van der Waals surface area contributed by atoms with E-state index in [1.165, 1.54) is 17.7 Å². The summed E-state index contributed by atoms with van der Waals surface area (Å²) >= 11 is 0. The summed E-state index contributed by atoms with van der Waals surface area (Å²) in [7, 11) is 0. The fourth-order valence-electron chi connectivity index (χ4n) is 3.89. The number of amides is 2. The number of aliphatic imine (C=N–C) groups is 1. The predicted octanol–water partition coefficient (Wildman–Crippen LogP) is 2.95. The third kappa shape index (κ3) is 5.07. The van der Waals surface area contributed by atoms with E-state index in [-0.39, 0.29) is 24.1 Å². The van der Waals surface area contributed by atoms with Gasteiger partial charge in [0.1, 0.15) is 11.9 Å². The molecule has 2 aliphatic rings. The number of nitrogens with one attached hydrogen (secondary N) is 2. The van der Waals surface area contributed by atoms with Crippen molar-refractivity contribution in [3.8, 4) is 0 Å². The minimum Gasteiger partial charge on any atom is -0.368 e. The average molecular weight is 438 g/mol. The largest absolute Gasteiger partial charge is 0.368 e. The fraction of sp³-hybridized carbons (Fsp3) is 0.375. The van der Waals surface area contributed by atoms with Gasteiger partial charge < -0.3 is 15.1 Å². The molecule has 1 atom stereocenters. The molecular weight excluding hydrogens is 409 g/mol. The second kappa shape index (κ2) is 9.38. The summed E-state index contributed by atoms with van der Waals surface area (Å²) in [6, 6.07) is 13.4. The Morgan fingerprint density at radius 1 is 1.03 bits per heavy atom. The van der Waals surface area contributed by atoms with E-state index < -0.39 is 6.04 Å². The first kappa shape index (κ1) is 21.8. The highest BCUT2D eigenvalue weighted by Crippen LogP contribution is 2.20. The summed E-state index contributed by atoms with van der Waals surface area (Å²) in [5.74, 6) is 0.0884. The van der Waals surface area contributed by atoms with E-state index >= 15 is 0 Å². The monoisotopic (exact) mass is 437 g/mol. The van der Waals surface area contributed by atoms with Crippen LogP contribution in [0.4, 0.5) is 15.8 Å². The molecule has 0 aliphatic carbocycles. The number of rotatable bonds is 4. The molecule has 0 radical (unpaired) electrons. The van der Waals surface area contributed by atoms with Crippen molar-refractivity contribution in [1.29, 1.82) is 0 Å². The molecule has 0 saturated carbocycles. The SMILES string of the molecule is CC(C)c1ccc(NC(=O)C2CC(=O)NC(N3CCN(c4ccc(F)cc4)CC3)=N2)cc1. The number of piperazine rings is 1. The molecule has 4 rings (SSSR count). The maximum atomic E-state index is 13.2. The van der Waals surface area contributed by atoms with Gasteiger partial charge in [-0.2, -0.15) is 0 Å². The van der Waals surface area contributed by atoms with Crippen LogP contribution < -0.4 is 15.5 Å². The van der Waals surface area contributed by atoms with Crippen molar-refractivity contribution in [3.63, 3.8) is 0 Å². The Balaban J connectivity index is 1.39. The van der Waals surface area contributed by atoms with Gasteiger partial charge in [0.05, 0.1) is 6.42 Å². The number of guanidine groups is 1. The van der Waals surface area contributed by atoms with E-state index in [1.54, 1.807) is 12.1 Å². The minimum atomic E-state index is -0.765. The lowest BCUT2D eigenvalue weighted by atomic mass is 10.0. The second-order valence-corrected chi connectivity index (χ2v) is 8.44. The van der Waals surface area contributed by atoms with Crippen molar-refractivity contribution >= 4 is 29.1 Å². The molecule has 2 N–H and O–H groups in total. The zero-order valence-electron chi connectivity index (χ0n) is 18.3. The second-order valence-electron chi connectivity index (χ2n) is 8.44. The topological polar surface area (TPSA) is 77.0 Å². The highest BCUT2D eigenvalue weighted by atomic mass is 19.1. The number of benzene rings is 2. The first-order valence-electron chi connectivity index (χ1n) is 10.9.